The number of Topliss-reactive ketones (excluding diaryl/α,β-unsaturated/α-hetero) is 1. The molecule has 0 aliphatic heterocycles. The van der Waals surface area contributed by atoms with Crippen molar-refractivity contribution in [2.75, 3.05) is 0 Å². The molecule has 0 fully saturated rings. The van der Waals surface area contributed by atoms with E-state index in [-0.39, 0.29) is 16.8 Å². The van der Waals surface area contributed by atoms with Gasteiger partial charge in [-0.15, -0.1) is 0 Å². The number of carboxylic acids is 1. The number of carboxylic acid groups (broad SMARTS) is 1. The Morgan fingerprint density at radius 3 is 2.21 bits per heavy atom. The van der Waals surface area contributed by atoms with E-state index in [0.29, 0.717) is 11.0 Å². The maximum absolute atomic E-state index is 11.6. The van der Waals surface area contributed by atoms with Gasteiger partial charge in [0, 0.05) is 10.9 Å². The summed E-state index contributed by atoms with van der Waals surface area (Å²) in [5, 5.41) is 31.6. The van der Waals surface area contributed by atoms with Crippen LogP contribution in [0.25, 0.3) is 11.0 Å². The van der Waals surface area contributed by atoms with E-state index in [1.165, 1.54) is 18.2 Å². The molecule has 0 saturated carbocycles. The van der Waals surface area contributed by atoms with E-state index >= 15 is 0 Å². The molecule has 0 spiro atoms. The molecule has 0 aliphatic rings. The molecule has 3 N–H and O–H groups in total. The van der Waals surface area contributed by atoms with E-state index < -0.39 is 17.4 Å². The molecule has 2 aromatic carbocycles. The molecule has 0 atom stereocenters. The molecule has 9 nitrogen and oxygen atoms in total. The summed E-state index contributed by atoms with van der Waals surface area (Å²) >= 11 is 0. The minimum absolute atomic E-state index is 0.0176. The number of oxime groups is 2. The van der Waals surface area contributed by atoms with Crippen molar-refractivity contribution >= 4 is 34.6 Å². The Hall–Kier alpha value is -4.27. The Labute approximate surface area is 157 Å². The Kier molecular flexibility index (Phi) is 6.75. The monoisotopic (exact) mass is 382 g/mol. The molecule has 142 valence electrons. The van der Waals surface area contributed by atoms with Gasteiger partial charge in [0.15, 0.2) is 0 Å². The number of fused-ring (bicyclic) bond motifs is 1. The zero-order valence-electron chi connectivity index (χ0n) is 14.2. The lowest BCUT2D eigenvalue weighted by atomic mass is 10.1. The van der Waals surface area contributed by atoms with Crippen molar-refractivity contribution in [2.24, 2.45) is 10.3 Å². The van der Waals surface area contributed by atoms with E-state index in [1.54, 1.807) is 42.5 Å². The third-order valence-corrected chi connectivity index (χ3v) is 3.44. The minimum Gasteiger partial charge on any atom is -0.475 e. The molecule has 1 aromatic heterocycles. The van der Waals surface area contributed by atoms with Crippen LogP contribution >= 0.6 is 0 Å². The first-order valence-electron chi connectivity index (χ1n) is 7.73. The summed E-state index contributed by atoms with van der Waals surface area (Å²) < 4.78 is 5.03. The molecule has 0 amide bonds. The summed E-state index contributed by atoms with van der Waals surface area (Å²) in [4.78, 5) is 32.5. The van der Waals surface area contributed by atoms with Crippen LogP contribution in [0.5, 0.6) is 0 Å². The van der Waals surface area contributed by atoms with E-state index in [1.807, 2.05) is 0 Å². The summed E-state index contributed by atoms with van der Waals surface area (Å²) in [5.41, 5.74) is -0.188. The number of para-hydroxylation sites is 1. The highest BCUT2D eigenvalue weighted by Gasteiger charge is 2.12. The standard InChI is InChI=1S/C11H8N2O4.C8H6O3/c14-11-8(9(13-16)6-12-15)5-7-3-1-2-4-10(7)17-11;9-7(8(10)11)6-4-2-1-3-5-6/h1-6,15-16H;1-5H,(H,10,11). The molecule has 1 heterocycles. The van der Waals surface area contributed by atoms with Crippen molar-refractivity contribution in [3.8, 4) is 0 Å². The summed E-state index contributed by atoms with van der Waals surface area (Å²) in [6, 6.07) is 16.3. The van der Waals surface area contributed by atoms with Crippen molar-refractivity contribution in [3.63, 3.8) is 0 Å². The third kappa shape index (κ3) is 4.88. The SMILES string of the molecule is O=C(O)C(=O)c1ccccc1.O=c1oc2ccccc2cc1C(C=NO)=NO. The average Bonchev–Trinajstić information content (AvgIpc) is 2.72. The highest BCUT2D eigenvalue weighted by Crippen LogP contribution is 2.12. The molecule has 0 radical (unpaired) electrons. The quantitative estimate of drug-likeness (QED) is 0.157. The van der Waals surface area contributed by atoms with Gasteiger partial charge in [-0.1, -0.05) is 58.8 Å². The van der Waals surface area contributed by atoms with Gasteiger partial charge in [0.2, 0.25) is 0 Å². The van der Waals surface area contributed by atoms with Crippen molar-refractivity contribution in [2.45, 2.75) is 0 Å². The summed E-state index contributed by atoms with van der Waals surface area (Å²) in [5.74, 6) is -2.29. The van der Waals surface area contributed by atoms with Crippen LogP contribution in [0.15, 0.2) is 80.2 Å². The summed E-state index contributed by atoms with van der Waals surface area (Å²) in [6.07, 6.45) is 0.848. The predicted molar refractivity (Wildman–Crippen MR) is 99.5 cm³/mol. The van der Waals surface area contributed by atoms with Crippen LogP contribution < -0.4 is 5.63 Å². The smallest absolute Gasteiger partial charge is 0.377 e. The van der Waals surface area contributed by atoms with Gasteiger partial charge < -0.3 is 19.9 Å². The Bertz CT molecular complexity index is 1100. The van der Waals surface area contributed by atoms with Gasteiger partial charge in [0.25, 0.3) is 5.78 Å². The van der Waals surface area contributed by atoms with Gasteiger partial charge in [-0.3, -0.25) is 4.79 Å². The van der Waals surface area contributed by atoms with E-state index in [2.05, 4.69) is 10.3 Å². The molecule has 0 aliphatic carbocycles. The van der Waals surface area contributed by atoms with Gasteiger partial charge in [0.05, 0.1) is 11.8 Å². The van der Waals surface area contributed by atoms with Crippen LogP contribution in [0.4, 0.5) is 0 Å². The lowest BCUT2D eigenvalue weighted by Crippen LogP contribution is -2.15. The second-order valence-corrected chi connectivity index (χ2v) is 5.22. The summed E-state index contributed by atoms with van der Waals surface area (Å²) in [7, 11) is 0. The number of rotatable bonds is 4. The molecule has 28 heavy (non-hydrogen) atoms. The van der Waals surface area contributed by atoms with Crippen LogP contribution in [0.1, 0.15) is 15.9 Å². The molecular formula is C19H14N2O7. The van der Waals surface area contributed by atoms with Gasteiger partial charge in [0.1, 0.15) is 11.3 Å². The van der Waals surface area contributed by atoms with Gasteiger partial charge in [-0.2, -0.15) is 0 Å². The van der Waals surface area contributed by atoms with Crippen LogP contribution in [0.2, 0.25) is 0 Å². The van der Waals surface area contributed by atoms with Crippen LogP contribution in [0.3, 0.4) is 0 Å². The maximum atomic E-state index is 11.6. The molecule has 3 rings (SSSR count). The third-order valence-electron chi connectivity index (χ3n) is 3.44. The highest BCUT2D eigenvalue weighted by molar-refractivity contribution is 6.39. The van der Waals surface area contributed by atoms with Crippen molar-refractivity contribution in [1.82, 2.24) is 0 Å². The Morgan fingerprint density at radius 2 is 1.61 bits per heavy atom. The largest absolute Gasteiger partial charge is 0.475 e. The van der Waals surface area contributed by atoms with Gasteiger partial charge in [-0.05, 0) is 12.1 Å². The maximum Gasteiger partial charge on any atom is 0.377 e. The number of carbonyl (C=O) groups is 2. The number of ketones is 1. The first kappa shape index (κ1) is 20.0. The number of hydrogen-bond acceptors (Lipinski definition) is 8. The predicted octanol–water partition coefficient (Wildman–Crippen LogP) is 2.39. The van der Waals surface area contributed by atoms with Crippen LogP contribution in [-0.4, -0.2) is 39.2 Å². The first-order chi connectivity index (χ1) is 13.5. The number of nitrogens with zero attached hydrogens (tertiary/aromatic N) is 2. The van der Waals surface area contributed by atoms with Crippen molar-refractivity contribution in [1.29, 1.82) is 0 Å². The topological polar surface area (TPSA) is 150 Å². The highest BCUT2D eigenvalue weighted by atomic mass is 16.4. The number of carbonyl (C=O) groups excluding carboxylic acids is 1. The van der Waals surface area contributed by atoms with Crippen molar-refractivity contribution in [3.05, 3.63) is 82.2 Å². The number of hydrogen-bond donors (Lipinski definition) is 3. The zero-order chi connectivity index (χ0) is 20.5. The van der Waals surface area contributed by atoms with Gasteiger partial charge >= 0.3 is 11.6 Å². The molecule has 0 unspecified atom stereocenters. The van der Waals surface area contributed by atoms with Gasteiger partial charge in [-0.25, -0.2) is 9.59 Å². The lowest BCUT2D eigenvalue weighted by molar-refractivity contribution is -0.131. The minimum atomic E-state index is -1.42. The lowest BCUT2D eigenvalue weighted by Gasteiger charge is -1.99. The normalized spacial score (nSPS) is 11.1. The fraction of sp³-hybridized carbons (Fsp3) is 0. The second-order valence-electron chi connectivity index (χ2n) is 5.22. The Morgan fingerprint density at radius 1 is 0.964 bits per heavy atom. The molecular weight excluding hydrogens is 368 g/mol. The van der Waals surface area contributed by atoms with E-state index in [0.717, 1.165) is 6.21 Å². The Balaban J connectivity index is 0.000000221. The molecule has 0 bridgehead atoms. The second kappa shape index (κ2) is 9.43. The number of benzene rings is 2. The molecule has 9 heteroatoms. The fourth-order valence-corrected chi connectivity index (χ4v) is 2.16. The fourth-order valence-electron chi connectivity index (χ4n) is 2.16. The average molecular weight is 382 g/mol. The van der Waals surface area contributed by atoms with Crippen molar-refractivity contribution < 1.29 is 29.5 Å². The molecule has 3 aromatic rings. The van der Waals surface area contributed by atoms with Crippen LogP contribution in [0, 0.1) is 0 Å². The first-order valence-corrected chi connectivity index (χ1v) is 7.73. The zero-order valence-corrected chi connectivity index (χ0v) is 14.2. The summed E-state index contributed by atoms with van der Waals surface area (Å²) in [6.45, 7) is 0. The van der Waals surface area contributed by atoms with Crippen LogP contribution in [-0.2, 0) is 4.79 Å². The molecule has 0 saturated heterocycles. The van der Waals surface area contributed by atoms with E-state index in [4.69, 9.17) is 19.9 Å². The number of aliphatic carboxylic acids is 1. The van der Waals surface area contributed by atoms with E-state index in [9.17, 15) is 14.4 Å².